The molecule has 2 amide bonds. The van der Waals surface area contributed by atoms with Crippen molar-refractivity contribution in [3.05, 3.63) is 59.3 Å². The van der Waals surface area contributed by atoms with Crippen LogP contribution in [0.5, 0.6) is 0 Å². The van der Waals surface area contributed by atoms with Gasteiger partial charge in [0.05, 0.1) is 16.9 Å². The van der Waals surface area contributed by atoms with Gasteiger partial charge >= 0.3 is 0 Å². The molecule has 0 radical (unpaired) electrons. The lowest BCUT2D eigenvalue weighted by Gasteiger charge is -2.39. The molecule has 5 rings (SSSR count). The van der Waals surface area contributed by atoms with Crippen LogP contribution < -0.4 is 5.32 Å². The van der Waals surface area contributed by atoms with Gasteiger partial charge in [-0.15, -0.1) is 0 Å². The molecule has 2 fully saturated rings. The van der Waals surface area contributed by atoms with Crippen LogP contribution in [0.3, 0.4) is 0 Å². The van der Waals surface area contributed by atoms with Crippen molar-refractivity contribution in [1.82, 2.24) is 20.0 Å². The lowest BCUT2D eigenvalue weighted by molar-refractivity contribution is -0.132. The summed E-state index contributed by atoms with van der Waals surface area (Å²) in [6.07, 6.45) is 4.24. The summed E-state index contributed by atoms with van der Waals surface area (Å²) < 4.78 is 28.0. The Bertz CT molecular complexity index is 1310. The smallest absolute Gasteiger partial charge is 0.245 e. The number of amides is 2. The van der Waals surface area contributed by atoms with Crippen molar-refractivity contribution in [2.24, 2.45) is 5.92 Å². The summed E-state index contributed by atoms with van der Waals surface area (Å²) in [7, 11) is 0. The van der Waals surface area contributed by atoms with E-state index in [1.54, 1.807) is 42.2 Å². The normalized spacial score (nSPS) is 22.6. The predicted octanol–water partition coefficient (Wildman–Crippen LogP) is 3.89. The number of nitrogens with zero attached hydrogens (tertiary/aromatic N) is 3. The first kappa shape index (κ1) is 23.2. The number of anilines is 1. The van der Waals surface area contributed by atoms with Gasteiger partial charge in [-0.05, 0) is 42.2 Å². The van der Waals surface area contributed by atoms with Crippen LogP contribution in [-0.4, -0.2) is 63.5 Å². The Morgan fingerprint density at radius 2 is 1.80 bits per heavy atom. The average molecular weight is 480 g/mol. The molecule has 1 aliphatic carbocycles. The Balaban J connectivity index is 1.36. The molecule has 1 saturated heterocycles. The number of hydrogen-bond acceptors (Lipinski definition) is 4. The zero-order valence-corrected chi connectivity index (χ0v) is 19.6. The van der Waals surface area contributed by atoms with E-state index in [1.165, 1.54) is 18.2 Å². The summed E-state index contributed by atoms with van der Waals surface area (Å²) in [6, 6.07) is 8.96. The number of piperazine rings is 1. The lowest BCUT2D eigenvalue weighted by Crippen LogP contribution is -2.56. The van der Waals surface area contributed by atoms with Crippen LogP contribution in [0, 0.1) is 17.6 Å². The molecule has 2 N–H and O–H groups in total. The van der Waals surface area contributed by atoms with Gasteiger partial charge in [0.15, 0.2) is 0 Å². The fourth-order valence-corrected chi connectivity index (χ4v) is 4.99. The van der Waals surface area contributed by atoms with Gasteiger partial charge in [-0.1, -0.05) is 25.1 Å². The van der Waals surface area contributed by atoms with Crippen LogP contribution in [0.1, 0.15) is 31.5 Å². The molecule has 35 heavy (non-hydrogen) atoms. The lowest BCUT2D eigenvalue weighted by atomic mass is 10.1. The topological polar surface area (TPSA) is 81.3 Å². The van der Waals surface area contributed by atoms with Gasteiger partial charge < -0.3 is 10.2 Å². The van der Waals surface area contributed by atoms with Crippen molar-refractivity contribution in [3.63, 3.8) is 0 Å². The first-order valence-electron chi connectivity index (χ1n) is 11.7. The molecular formula is C26H27F2N5O2. The average Bonchev–Trinajstić information content (AvgIpc) is 3.39. The van der Waals surface area contributed by atoms with E-state index in [4.69, 9.17) is 0 Å². The van der Waals surface area contributed by atoms with E-state index in [2.05, 4.69) is 20.4 Å². The second-order valence-electron chi connectivity index (χ2n) is 9.35. The van der Waals surface area contributed by atoms with E-state index in [9.17, 15) is 18.4 Å². The largest absolute Gasteiger partial charge is 0.340 e. The molecule has 2 heterocycles. The second kappa shape index (κ2) is 8.88. The number of H-pyrrole nitrogens is 1. The third kappa shape index (κ3) is 4.32. The van der Waals surface area contributed by atoms with Gasteiger partial charge in [0.25, 0.3) is 0 Å². The molecule has 182 valence electrons. The molecule has 9 heteroatoms. The zero-order valence-electron chi connectivity index (χ0n) is 19.6. The summed E-state index contributed by atoms with van der Waals surface area (Å²) in [5, 5.41) is 10.5. The molecule has 0 bridgehead atoms. The quantitative estimate of drug-likeness (QED) is 0.582. The second-order valence-corrected chi connectivity index (χ2v) is 9.35. The van der Waals surface area contributed by atoms with Gasteiger partial charge in [-0.25, -0.2) is 8.78 Å². The molecule has 7 nitrogen and oxygen atoms in total. The van der Waals surface area contributed by atoms with Crippen LogP contribution >= 0.6 is 0 Å². The van der Waals surface area contributed by atoms with Crippen LogP contribution in [0.15, 0.2) is 36.4 Å². The van der Waals surface area contributed by atoms with Crippen LogP contribution in [0.25, 0.3) is 23.1 Å². The Hall–Kier alpha value is -3.59. The number of aromatic nitrogens is 2. The molecule has 2 unspecified atom stereocenters. The number of rotatable bonds is 5. The maximum Gasteiger partial charge on any atom is 0.245 e. The van der Waals surface area contributed by atoms with Crippen LogP contribution in [0.2, 0.25) is 0 Å². The molecule has 1 aromatic heterocycles. The van der Waals surface area contributed by atoms with Crippen molar-refractivity contribution < 1.29 is 18.4 Å². The van der Waals surface area contributed by atoms with E-state index < -0.39 is 11.4 Å². The van der Waals surface area contributed by atoms with E-state index >= 15 is 0 Å². The highest BCUT2D eigenvalue weighted by Crippen LogP contribution is 2.49. The highest BCUT2D eigenvalue weighted by Gasteiger charge is 2.61. The summed E-state index contributed by atoms with van der Waals surface area (Å²) in [5.41, 5.74) is 1.30. The number of carbonyl (C=O) groups excluding carboxylic acids is 2. The first-order chi connectivity index (χ1) is 16.8. The van der Waals surface area contributed by atoms with E-state index in [0.717, 1.165) is 5.56 Å². The summed E-state index contributed by atoms with van der Waals surface area (Å²) in [6.45, 7) is 5.95. The van der Waals surface area contributed by atoms with Crippen molar-refractivity contribution in [3.8, 4) is 0 Å². The Labute approximate surface area is 201 Å². The number of hydrogen-bond donors (Lipinski definition) is 2. The number of nitrogens with one attached hydrogen (secondary N) is 2. The Morgan fingerprint density at radius 3 is 2.43 bits per heavy atom. The number of aromatic amines is 1. The van der Waals surface area contributed by atoms with Crippen molar-refractivity contribution in [2.45, 2.75) is 25.8 Å². The van der Waals surface area contributed by atoms with E-state index in [1.807, 2.05) is 6.92 Å². The van der Waals surface area contributed by atoms with Gasteiger partial charge in [0.2, 0.25) is 11.8 Å². The molecule has 1 aliphatic heterocycles. The van der Waals surface area contributed by atoms with Crippen molar-refractivity contribution in [2.75, 3.05) is 31.5 Å². The van der Waals surface area contributed by atoms with Gasteiger partial charge in [0.1, 0.15) is 17.2 Å². The fourth-order valence-electron chi connectivity index (χ4n) is 4.99. The maximum absolute atomic E-state index is 14.9. The van der Waals surface area contributed by atoms with E-state index in [-0.39, 0.29) is 29.2 Å². The fraction of sp³-hybridized carbons (Fsp3) is 0.346. The molecule has 3 aromatic rings. The molecule has 0 spiro atoms. The third-order valence-corrected chi connectivity index (χ3v) is 7.19. The Morgan fingerprint density at radius 1 is 1.11 bits per heavy atom. The van der Waals surface area contributed by atoms with Crippen LogP contribution in [0.4, 0.5) is 14.5 Å². The molecule has 2 aliphatic rings. The summed E-state index contributed by atoms with van der Waals surface area (Å²) in [4.78, 5) is 29.0. The highest BCUT2D eigenvalue weighted by molar-refractivity contribution is 6.02. The monoisotopic (exact) mass is 479 g/mol. The Kier molecular flexibility index (Phi) is 5.88. The van der Waals surface area contributed by atoms with Gasteiger partial charge in [-0.3, -0.25) is 19.6 Å². The molecule has 1 saturated carbocycles. The first-order valence-corrected chi connectivity index (χ1v) is 11.7. The van der Waals surface area contributed by atoms with E-state index in [0.29, 0.717) is 49.2 Å². The minimum absolute atomic E-state index is 0.0340. The molecular weight excluding hydrogens is 452 g/mol. The van der Waals surface area contributed by atoms with Crippen LogP contribution in [-0.2, 0) is 9.59 Å². The summed E-state index contributed by atoms with van der Waals surface area (Å²) in [5.74, 6) is -0.917. The predicted molar refractivity (Wildman–Crippen MR) is 130 cm³/mol. The molecule has 2 aromatic carbocycles. The zero-order chi connectivity index (χ0) is 24.7. The summed E-state index contributed by atoms with van der Waals surface area (Å²) >= 11 is 0. The number of carbonyl (C=O) groups is 2. The standard InChI is InChI=1S/C26H27F2N5O2/c1-16-15-26(16,33-11-9-32(10-12-33)17(2)34)25(35)29-24-13-20-22(30-31-23(20)14-21(24)28)8-5-18-3-6-19(27)7-4-18/h3-8,13-14,16H,9-12,15H2,1-2H3,(H,29,35)(H,30,31)/b8-5+. The van der Waals surface area contributed by atoms with Gasteiger partial charge in [-0.2, -0.15) is 5.10 Å². The number of benzene rings is 2. The van der Waals surface area contributed by atoms with Crippen molar-refractivity contribution >= 4 is 40.6 Å². The van der Waals surface area contributed by atoms with Gasteiger partial charge in [0, 0.05) is 44.6 Å². The third-order valence-electron chi connectivity index (χ3n) is 7.19. The maximum atomic E-state index is 14.9. The minimum Gasteiger partial charge on any atom is -0.340 e. The SMILES string of the molecule is CC(=O)N1CCN(C2(C(=O)Nc3cc4c(/C=C/c5ccc(F)cc5)n[nH]c4cc3F)CC2C)CC1. The minimum atomic E-state index is -0.689. The van der Waals surface area contributed by atoms with Crippen molar-refractivity contribution in [1.29, 1.82) is 0 Å². The molecule has 2 atom stereocenters. The highest BCUT2D eigenvalue weighted by atomic mass is 19.1. The number of fused-ring (bicyclic) bond motifs is 1. The number of halogens is 2.